The van der Waals surface area contributed by atoms with Crippen molar-refractivity contribution in [2.24, 2.45) is 0 Å². The standard InChI is InChI=1S/C21H24N4O4/c1-3-28-18-17(21(26)29-4-2)23-19(24-20(18)25-9-11-27-12-10-25)15-6-5-14-7-8-22-16(14)13-15/h5-8,13,22H,3-4,9-12H2,1-2H3. The highest BCUT2D eigenvalue weighted by atomic mass is 16.5. The summed E-state index contributed by atoms with van der Waals surface area (Å²) in [7, 11) is 0. The fourth-order valence-electron chi connectivity index (χ4n) is 3.36. The van der Waals surface area contributed by atoms with E-state index in [9.17, 15) is 4.79 Å². The lowest BCUT2D eigenvalue weighted by atomic mass is 10.1. The molecule has 0 saturated carbocycles. The molecule has 0 bridgehead atoms. The summed E-state index contributed by atoms with van der Waals surface area (Å²) in [6.45, 7) is 6.78. The van der Waals surface area contributed by atoms with Crippen molar-refractivity contribution in [3.63, 3.8) is 0 Å². The summed E-state index contributed by atoms with van der Waals surface area (Å²) in [6, 6.07) is 7.92. The smallest absolute Gasteiger partial charge is 0.361 e. The first-order valence-corrected chi connectivity index (χ1v) is 9.83. The van der Waals surface area contributed by atoms with E-state index in [1.54, 1.807) is 6.92 Å². The molecular weight excluding hydrogens is 372 g/mol. The maximum Gasteiger partial charge on any atom is 0.361 e. The Morgan fingerprint density at radius 2 is 2.00 bits per heavy atom. The van der Waals surface area contributed by atoms with Crippen LogP contribution in [0.4, 0.5) is 5.82 Å². The van der Waals surface area contributed by atoms with E-state index >= 15 is 0 Å². The van der Waals surface area contributed by atoms with Crippen LogP contribution in [0.2, 0.25) is 0 Å². The van der Waals surface area contributed by atoms with Crippen molar-refractivity contribution in [2.75, 3.05) is 44.4 Å². The normalized spacial score (nSPS) is 14.2. The molecule has 0 amide bonds. The third-order valence-corrected chi connectivity index (χ3v) is 4.73. The van der Waals surface area contributed by atoms with Crippen LogP contribution in [0.25, 0.3) is 22.3 Å². The lowest BCUT2D eigenvalue weighted by Crippen LogP contribution is -2.37. The largest absolute Gasteiger partial charge is 0.488 e. The molecule has 1 aliphatic heterocycles. The predicted octanol–water partition coefficient (Wildman–Crippen LogP) is 3.04. The Bertz CT molecular complexity index is 1010. The average Bonchev–Trinajstić information content (AvgIpc) is 3.22. The number of nitrogens with one attached hydrogen (secondary N) is 1. The van der Waals surface area contributed by atoms with Crippen LogP contribution in [0.3, 0.4) is 0 Å². The number of ether oxygens (including phenoxy) is 3. The number of rotatable bonds is 6. The van der Waals surface area contributed by atoms with Gasteiger partial charge in [-0.15, -0.1) is 0 Å². The number of H-pyrrole nitrogens is 1. The molecular formula is C21H24N4O4. The van der Waals surface area contributed by atoms with Gasteiger partial charge in [-0.25, -0.2) is 14.8 Å². The molecule has 1 fully saturated rings. The molecule has 152 valence electrons. The van der Waals surface area contributed by atoms with E-state index in [-0.39, 0.29) is 12.3 Å². The van der Waals surface area contributed by atoms with Gasteiger partial charge in [0.1, 0.15) is 0 Å². The van der Waals surface area contributed by atoms with Crippen LogP contribution in [0.1, 0.15) is 24.3 Å². The van der Waals surface area contributed by atoms with Gasteiger partial charge >= 0.3 is 5.97 Å². The second kappa shape index (κ2) is 8.48. The molecule has 1 saturated heterocycles. The van der Waals surface area contributed by atoms with E-state index in [4.69, 9.17) is 19.2 Å². The van der Waals surface area contributed by atoms with Crippen LogP contribution < -0.4 is 9.64 Å². The highest BCUT2D eigenvalue weighted by Gasteiger charge is 2.27. The van der Waals surface area contributed by atoms with Gasteiger partial charge in [-0.3, -0.25) is 0 Å². The minimum Gasteiger partial charge on any atom is -0.488 e. The minimum atomic E-state index is -0.518. The molecule has 8 heteroatoms. The number of carbonyl (C=O) groups excluding carboxylic acids is 1. The molecule has 0 aliphatic carbocycles. The Morgan fingerprint density at radius 3 is 2.76 bits per heavy atom. The van der Waals surface area contributed by atoms with Crippen molar-refractivity contribution < 1.29 is 19.0 Å². The first-order chi connectivity index (χ1) is 14.2. The zero-order chi connectivity index (χ0) is 20.2. The molecule has 0 unspecified atom stereocenters. The number of aromatic nitrogens is 3. The topological polar surface area (TPSA) is 89.6 Å². The van der Waals surface area contributed by atoms with Gasteiger partial charge in [0, 0.05) is 30.4 Å². The molecule has 8 nitrogen and oxygen atoms in total. The molecule has 3 aromatic rings. The first kappa shape index (κ1) is 19.2. The zero-order valence-corrected chi connectivity index (χ0v) is 16.6. The summed E-state index contributed by atoms with van der Waals surface area (Å²) in [5, 5.41) is 1.10. The van der Waals surface area contributed by atoms with E-state index in [0.29, 0.717) is 50.3 Å². The van der Waals surface area contributed by atoms with Crippen LogP contribution >= 0.6 is 0 Å². The number of nitrogens with zero attached hydrogens (tertiary/aromatic N) is 3. The van der Waals surface area contributed by atoms with Crippen LogP contribution in [-0.2, 0) is 9.47 Å². The molecule has 1 N–H and O–H groups in total. The Hall–Kier alpha value is -3.13. The van der Waals surface area contributed by atoms with E-state index in [1.165, 1.54) is 0 Å². The Morgan fingerprint density at radius 1 is 1.17 bits per heavy atom. The molecule has 2 aromatic heterocycles. The number of fused-ring (bicyclic) bond motifs is 1. The Balaban J connectivity index is 1.87. The average molecular weight is 396 g/mol. The van der Waals surface area contributed by atoms with Crippen molar-refractivity contribution in [2.45, 2.75) is 13.8 Å². The number of hydrogen-bond donors (Lipinski definition) is 1. The van der Waals surface area contributed by atoms with Crippen LogP contribution in [0, 0.1) is 0 Å². The fraction of sp³-hybridized carbons (Fsp3) is 0.381. The molecule has 1 aromatic carbocycles. The quantitative estimate of drug-likeness (QED) is 0.641. The second-order valence-corrected chi connectivity index (χ2v) is 6.58. The third-order valence-electron chi connectivity index (χ3n) is 4.73. The number of esters is 1. The van der Waals surface area contributed by atoms with Crippen LogP contribution in [-0.4, -0.2) is 60.4 Å². The molecule has 4 rings (SSSR count). The second-order valence-electron chi connectivity index (χ2n) is 6.58. The van der Waals surface area contributed by atoms with E-state index < -0.39 is 5.97 Å². The van der Waals surface area contributed by atoms with E-state index in [2.05, 4.69) is 14.9 Å². The first-order valence-electron chi connectivity index (χ1n) is 9.83. The number of morpholine rings is 1. The van der Waals surface area contributed by atoms with Crippen molar-refractivity contribution >= 4 is 22.7 Å². The van der Waals surface area contributed by atoms with Gasteiger partial charge in [0.15, 0.2) is 23.1 Å². The van der Waals surface area contributed by atoms with E-state index in [0.717, 1.165) is 16.5 Å². The van der Waals surface area contributed by atoms with Gasteiger partial charge in [0.2, 0.25) is 0 Å². The highest BCUT2D eigenvalue weighted by molar-refractivity contribution is 5.93. The van der Waals surface area contributed by atoms with Gasteiger partial charge in [-0.05, 0) is 31.4 Å². The summed E-state index contributed by atoms with van der Waals surface area (Å²) in [5.41, 5.74) is 1.93. The van der Waals surface area contributed by atoms with Gasteiger partial charge in [-0.2, -0.15) is 0 Å². The number of aromatic amines is 1. The van der Waals surface area contributed by atoms with Crippen molar-refractivity contribution in [3.05, 3.63) is 36.2 Å². The summed E-state index contributed by atoms with van der Waals surface area (Å²) in [5.74, 6) is 0.886. The molecule has 29 heavy (non-hydrogen) atoms. The van der Waals surface area contributed by atoms with Crippen LogP contribution in [0.5, 0.6) is 5.75 Å². The predicted molar refractivity (Wildman–Crippen MR) is 109 cm³/mol. The molecule has 0 radical (unpaired) electrons. The van der Waals surface area contributed by atoms with Crippen molar-refractivity contribution in [1.29, 1.82) is 0 Å². The summed E-state index contributed by atoms with van der Waals surface area (Å²) in [6.07, 6.45) is 1.89. The highest BCUT2D eigenvalue weighted by Crippen LogP contribution is 2.34. The van der Waals surface area contributed by atoms with Crippen molar-refractivity contribution in [1.82, 2.24) is 15.0 Å². The van der Waals surface area contributed by atoms with Gasteiger partial charge in [0.05, 0.1) is 26.4 Å². The Labute approximate surface area is 168 Å². The summed E-state index contributed by atoms with van der Waals surface area (Å²) in [4.78, 5) is 27.3. The fourth-order valence-corrected chi connectivity index (χ4v) is 3.36. The molecule has 0 spiro atoms. The molecule has 3 heterocycles. The van der Waals surface area contributed by atoms with Gasteiger partial charge in [-0.1, -0.05) is 12.1 Å². The number of anilines is 1. The summed E-state index contributed by atoms with van der Waals surface area (Å²) < 4.78 is 16.5. The van der Waals surface area contributed by atoms with Gasteiger partial charge in [0.25, 0.3) is 0 Å². The van der Waals surface area contributed by atoms with Crippen molar-refractivity contribution in [3.8, 4) is 17.1 Å². The SMILES string of the molecule is CCOC(=O)c1nc(-c2ccc3cc[nH]c3c2)nc(N2CCOCC2)c1OCC. The lowest BCUT2D eigenvalue weighted by Gasteiger charge is -2.29. The molecule has 1 aliphatic rings. The molecule has 0 atom stereocenters. The zero-order valence-electron chi connectivity index (χ0n) is 16.6. The maximum absolute atomic E-state index is 12.7. The van der Waals surface area contributed by atoms with Crippen LogP contribution in [0.15, 0.2) is 30.5 Å². The number of carbonyl (C=O) groups is 1. The lowest BCUT2D eigenvalue weighted by molar-refractivity contribution is 0.0514. The maximum atomic E-state index is 12.7. The minimum absolute atomic E-state index is 0.145. The third kappa shape index (κ3) is 3.88. The monoisotopic (exact) mass is 396 g/mol. The Kier molecular flexibility index (Phi) is 5.62. The number of hydrogen-bond acceptors (Lipinski definition) is 7. The number of benzene rings is 1. The van der Waals surface area contributed by atoms with Gasteiger partial charge < -0.3 is 24.1 Å². The van der Waals surface area contributed by atoms with E-state index in [1.807, 2.05) is 37.4 Å². The summed E-state index contributed by atoms with van der Waals surface area (Å²) >= 11 is 0.